The van der Waals surface area contributed by atoms with Crippen LogP contribution >= 0.6 is 24.0 Å². The Morgan fingerprint density at radius 3 is 2.52 bits per heavy atom. The lowest BCUT2D eigenvalue weighted by atomic mass is 9.67. The molecule has 1 saturated carbocycles. The van der Waals surface area contributed by atoms with E-state index in [9.17, 15) is 0 Å². The number of ether oxygens (including phenoxy) is 2. The maximum Gasteiger partial charge on any atom is 0.191 e. The van der Waals surface area contributed by atoms with E-state index in [1.54, 1.807) is 14.2 Å². The summed E-state index contributed by atoms with van der Waals surface area (Å²) in [5.41, 5.74) is 2.80. The van der Waals surface area contributed by atoms with Crippen LogP contribution in [0.2, 0.25) is 0 Å². The minimum Gasteiger partial charge on any atom is -0.385 e. The number of aliphatic imine (C=N–C) groups is 1. The van der Waals surface area contributed by atoms with Gasteiger partial charge >= 0.3 is 0 Å². The van der Waals surface area contributed by atoms with Crippen molar-refractivity contribution in [2.24, 2.45) is 10.4 Å². The fourth-order valence-corrected chi connectivity index (χ4v) is 3.18. The number of hydrogen-bond acceptors (Lipinski definition) is 3. The van der Waals surface area contributed by atoms with Crippen LogP contribution in [-0.2, 0) is 22.6 Å². The van der Waals surface area contributed by atoms with Crippen molar-refractivity contribution in [1.82, 2.24) is 10.6 Å². The van der Waals surface area contributed by atoms with Gasteiger partial charge in [0.15, 0.2) is 5.96 Å². The Hall–Kier alpha value is -0.860. The number of methoxy groups -OCH3 is 2. The molecule has 1 fully saturated rings. The van der Waals surface area contributed by atoms with Crippen molar-refractivity contribution in [3.8, 4) is 0 Å². The maximum atomic E-state index is 5.26. The smallest absolute Gasteiger partial charge is 0.191 e. The second-order valence-corrected chi connectivity index (χ2v) is 6.63. The molecule has 0 heterocycles. The molecule has 0 saturated heterocycles. The summed E-state index contributed by atoms with van der Waals surface area (Å²) in [6, 6.07) is 8.42. The van der Waals surface area contributed by atoms with Gasteiger partial charge in [-0.15, -0.1) is 24.0 Å². The van der Waals surface area contributed by atoms with Crippen LogP contribution in [0, 0.1) is 5.41 Å². The number of benzene rings is 1. The molecule has 0 spiro atoms. The molecule has 1 aromatic carbocycles. The lowest BCUT2D eigenvalue weighted by molar-refractivity contribution is 0.0732. The lowest BCUT2D eigenvalue weighted by Crippen LogP contribution is -2.46. The molecular formula is C19H32IN3O2. The Kier molecular flexibility index (Phi) is 10.4. The first-order valence-electron chi connectivity index (χ1n) is 8.71. The third-order valence-corrected chi connectivity index (χ3v) is 4.87. The number of halogens is 1. The van der Waals surface area contributed by atoms with Gasteiger partial charge in [0.1, 0.15) is 0 Å². The van der Waals surface area contributed by atoms with Crippen LogP contribution in [-0.4, -0.2) is 40.4 Å². The lowest BCUT2D eigenvalue weighted by Gasteiger charge is -2.42. The summed E-state index contributed by atoms with van der Waals surface area (Å²) in [6.45, 7) is 3.19. The van der Waals surface area contributed by atoms with Crippen molar-refractivity contribution >= 4 is 29.9 Å². The zero-order chi connectivity index (χ0) is 17.3. The second kappa shape index (κ2) is 11.7. The summed E-state index contributed by atoms with van der Waals surface area (Å²) >= 11 is 0. The molecule has 5 nitrogen and oxygen atoms in total. The van der Waals surface area contributed by atoms with Crippen LogP contribution < -0.4 is 10.6 Å². The largest absolute Gasteiger partial charge is 0.385 e. The predicted octanol–water partition coefficient (Wildman–Crippen LogP) is 3.32. The molecule has 1 aliphatic carbocycles. The highest BCUT2D eigenvalue weighted by atomic mass is 127. The second-order valence-electron chi connectivity index (χ2n) is 6.63. The minimum atomic E-state index is 0. The molecule has 0 aromatic heterocycles. The minimum absolute atomic E-state index is 0. The first kappa shape index (κ1) is 22.2. The molecule has 0 atom stereocenters. The molecule has 1 aromatic rings. The Bertz CT molecular complexity index is 533. The quantitative estimate of drug-likeness (QED) is 0.337. The Morgan fingerprint density at radius 1 is 1.16 bits per heavy atom. The van der Waals surface area contributed by atoms with Crippen molar-refractivity contribution in [1.29, 1.82) is 0 Å². The van der Waals surface area contributed by atoms with Crippen LogP contribution in [0.25, 0.3) is 0 Å². The summed E-state index contributed by atoms with van der Waals surface area (Å²) in [5, 5.41) is 6.89. The maximum absolute atomic E-state index is 5.26. The van der Waals surface area contributed by atoms with E-state index in [1.165, 1.54) is 30.4 Å². The molecule has 0 amide bonds. The van der Waals surface area contributed by atoms with Gasteiger partial charge < -0.3 is 20.1 Å². The number of hydrogen-bond donors (Lipinski definition) is 2. The van der Waals surface area contributed by atoms with Crippen molar-refractivity contribution in [3.63, 3.8) is 0 Å². The summed E-state index contributed by atoms with van der Waals surface area (Å²) in [5.74, 6) is 0.857. The van der Waals surface area contributed by atoms with Crippen LogP contribution in [0.3, 0.4) is 0 Å². The third kappa shape index (κ3) is 7.11. The summed E-state index contributed by atoms with van der Waals surface area (Å²) in [4.78, 5) is 4.34. The van der Waals surface area contributed by atoms with Gasteiger partial charge in [0.2, 0.25) is 0 Å². The molecule has 6 heteroatoms. The topological polar surface area (TPSA) is 54.9 Å². The normalized spacial score (nSPS) is 15.9. The number of rotatable bonds is 9. The van der Waals surface area contributed by atoms with Gasteiger partial charge in [-0.25, -0.2) is 0 Å². The summed E-state index contributed by atoms with van der Waals surface area (Å²) in [7, 11) is 5.31. The van der Waals surface area contributed by atoms with E-state index in [4.69, 9.17) is 9.47 Å². The third-order valence-electron chi connectivity index (χ3n) is 4.87. The van der Waals surface area contributed by atoms with Gasteiger partial charge in [-0.2, -0.15) is 0 Å². The molecule has 142 valence electrons. The van der Waals surface area contributed by atoms with Crippen LogP contribution in [0.15, 0.2) is 29.3 Å². The molecule has 2 rings (SSSR count). The van der Waals surface area contributed by atoms with E-state index in [-0.39, 0.29) is 24.0 Å². The van der Waals surface area contributed by atoms with E-state index in [2.05, 4.69) is 39.9 Å². The molecule has 0 unspecified atom stereocenters. The zero-order valence-electron chi connectivity index (χ0n) is 15.6. The number of nitrogens with one attached hydrogen (secondary N) is 2. The van der Waals surface area contributed by atoms with Gasteiger partial charge in [-0.05, 0) is 35.8 Å². The highest BCUT2D eigenvalue weighted by Crippen LogP contribution is 2.43. The van der Waals surface area contributed by atoms with Gasteiger partial charge in [-0.1, -0.05) is 30.7 Å². The van der Waals surface area contributed by atoms with E-state index < -0.39 is 0 Å². The number of guanidine groups is 1. The molecule has 0 aliphatic heterocycles. The van der Waals surface area contributed by atoms with Crippen molar-refractivity contribution in [2.45, 2.75) is 38.8 Å². The molecule has 25 heavy (non-hydrogen) atoms. The first-order chi connectivity index (χ1) is 11.7. The Labute approximate surface area is 169 Å². The van der Waals surface area contributed by atoms with Gasteiger partial charge in [0, 0.05) is 41.0 Å². The van der Waals surface area contributed by atoms with Crippen molar-refractivity contribution < 1.29 is 9.47 Å². The monoisotopic (exact) mass is 461 g/mol. The molecule has 2 N–H and O–H groups in total. The highest BCUT2D eigenvalue weighted by molar-refractivity contribution is 14.0. The molecule has 0 radical (unpaired) electrons. The van der Waals surface area contributed by atoms with E-state index in [0.29, 0.717) is 12.0 Å². The average Bonchev–Trinajstić information content (AvgIpc) is 2.57. The molecule has 1 aliphatic rings. The van der Waals surface area contributed by atoms with Crippen molar-refractivity contribution in [3.05, 3.63) is 35.4 Å². The summed E-state index contributed by atoms with van der Waals surface area (Å²) in [6.07, 6.45) is 5.00. The van der Waals surface area contributed by atoms with Gasteiger partial charge in [-0.3, -0.25) is 4.99 Å². The molecule has 0 bridgehead atoms. The Morgan fingerprint density at radius 2 is 1.92 bits per heavy atom. The zero-order valence-corrected chi connectivity index (χ0v) is 18.0. The summed E-state index contributed by atoms with van der Waals surface area (Å²) < 4.78 is 10.4. The fourth-order valence-electron chi connectivity index (χ4n) is 3.18. The van der Waals surface area contributed by atoms with Crippen LogP contribution in [0.1, 0.15) is 36.8 Å². The number of nitrogens with zero attached hydrogens (tertiary/aromatic N) is 1. The van der Waals surface area contributed by atoms with E-state index in [0.717, 1.165) is 32.1 Å². The standard InChI is InChI=1S/C19H31N3O2.HI/c1-20-18(22-15-19(8-5-9-19)10-11-23-2)21-13-16-6-4-7-17(12-16)14-24-3;/h4,6-7,12H,5,8-11,13-15H2,1-3H3,(H2,20,21,22);1H. The SMILES string of the molecule is CN=C(NCc1cccc(COC)c1)NCC1(CCOC)CCC1.I. The van der Waals surface area contributed by atoms with E-state index in [1.807, 2.05) is 7.05 Å². The van der Waals surface area contributed by atoms with Gasteiger partial charge in [0.25, 0.3) is 0 Å². The fraction of sp³-hybridized carbons (Fsp3) is 0.632. The molecular weight excluding hydrogens is 429 g/mol. The highest BCUT2D eigenvalue weighted by Gasteiger charge is 2.36. The van der Waals surface area contributed by atoms with Crippen LogP contribution in [0.5, 0.6) is 0 Å². The van der Waals surface area contributed by atoms with Gasteiger partial charge in [0.05, 0.1) is 6.61 Å². The van der Waals surface area contributed by atoms with Crippen molar-refractivity contribution in [2.75, 3.05) is 34.4 Å². The van der Waals surface area contributed by atoms with E-state index >= 15 is 0 Å². The first-order valence-corrected chi connectivity index (χ1v) is 8.71. The van der Waals surface area contributed by atoms with Crippen LogP contribution in [0.4, 0.5) is 0 Å². The average molecular weight is 461 g/mol. The predicted molar refractivity (Wildman–Crippen MR) is 114 cm³/mol. The Balaban J connectivity index is 0.00000312.